The molecule has 37 heavy (non-hydrogen) atoms. The van der Waals surface area contributed by atoms with Crippen molar-refractivity contribution in [2.24, 2.45) is 0 Å². The summed E-state index contributed by atoms with van der Waals surface area (Å²) in [6.45, 7) is 6.82. The maximum Gasteiger partial charge on any atom is 0.319 e. The minimum atomic E-state index is -2.63. The van der Waals surface area contributed by atoms with Crippen molar-refractivity contribution < 1.29 is 28.2 Å². The summed E-state index contributed by atoms with van der Waals surface area (Å²) >= 11 is 0. The van der Waals surface area contributed by atoms with Crippen LogP contribution in [0.2, 0.25) is 0 Å². The number of amides is 3. The molecule has 200 valence electrons. The number of halogens is 2. The van der Waals surface area contributed by atoms with Crippen LogP contribution in [0.15, 0.2) is 24.3 Å². The number of urea groups is 1. The number of carbonyl (C=O) groups excluding carboxylic acids is 2. The lowest BCUT2D eigenvalue weighted by atomic mass is 10.0. The first-order valence-electron chi connectivity index (χ1n) is 12.2. The number of rotatable bonds is 6. The van der Waals surface area contributed by atoms with E-state index in [-0.39, 0.29) is 18.5 Å². The van der Waals surface area contributed by atoms with Crippen molar-refractivity contribution in [3.63, 3.8) is 0 Å². The zero-order chi connectivity index (χ0) is 26.7. The molecule has 1 aromatic carbocycles. The van der Waals surface area contributed by atoms with Crippen LogP contribution < -0.4 is 15.5 Å². The molecule has 0 aliphatic carbocycles. The van der Waals surface area contributed by atoms with Crippen LogP contribution in [0.5, 0.6) is 0 Å². The van der Waals surface area contributed by atoms with Gasteiger partial charge in [0.2, 0.25) is 0 Å². The highest BCUT2D eigenvalue weighted by Crippen LogP contribution is 2.32. The van der Waals surface area contributed by atoms with Gasteiger partial charge in [-0.05, 0) is 51.5 Å². The number of morpholine rings is 1. The largest absolute Gasteiger partial charge is 0.381 e. The molecule has 12 heteroatoms. The SMILES string of the molecule is CC1COCCN1c1nc(-c2ccc(NC(=O)NCC(F)F)cc2)nc2c1CCN(C(=O)C(C)(C)O)C2. The van der Waals surface area contributed by atoms with E-state index in [9.17, 15) is 23.5 Å². The normalized spacial score (nSPS) is 18.0. The highest BCUT2D eigenvalue weighted by molar-refractivity contribution is 5.89. The molecule has 10 nitrogen and oxygen atoms in total. The van der Waals surface area contributed by atoms with Crippen LogP contribution in [0, 0.1) is 0 Å². The van der Waals surface area contributed by atoms with Crippen molar-refractivity contribution in [1.82, 2.24) is 20.2 Å². The Morgan fingerprint density at radius 2 is 1.95 bits per heavy atom. The fourth-order valence-electron chi connectivity index (χ4n) is 4.43. The fourth-order valence-corrected chi connectivity index (χ4v) is 4.43. The number of fused-ring (bicyclic) bond motifs is 1. The van der Waals surface area contributed by atoms with E-state index < -0.39 is 24.6 Å². The van der Waals surface area contributed by atoms with E-state index >= 15 is 0 Å². The Balaban J connectivity index is 1.64. The lowest BCUT2D eigenvalue weighted by molar-refractivity contribution is -0.148. The Morgan fingerprint density at radius 1 is 1.22 bits per heavy atom. The molecular weight excluding hydrogens is 486 g/mol. The topological polar surface area (TPSA) is 120 Å². The van der Waals surface area contributed by atoms with Crippen molar-refractivity contribution in [2.45, 2.75) is 51.8 Å². The van der Waals surface area contributed by atoms with Crippen LogP contribution in [0.1, 0.15) is 32.0 Å². The molecule has 2 aromatic rings. The van der Waals surface area contributed by atoms with Gasteiger partial charge in [-0.3, -0.25) is 4.79 Å². The summed E-state index contributed by atoms with van der Waals surface area (Å²) in [6, 6.07) is 6.13. The van der Waals surface area contributed by atoms with Gasteiger partial charge in [0.1, 0.15) is 11.4 Å². The van der Waals surface area contributed by atoms with Gasteiger partial charge in [-0.15, -0.1) is 0 Å². The predicted octanol–water partition coefficient (Wildman–Crippen LogP) is 2.41. The van der Waals surface area contributed by atoms with Gasteiger partial charge in [0.05, 0.1) is 38.0 Å². The molecule has 0 bridgehead atoms. The van der Waals surface area contributed by atoms with Crippen LogP contribution in [-0.4, -0.2) is 82.8 Å². The number of ether oxygens (including phenoxy) is 1. The van der Waals surface area contributed by atoms with E-state index in [1.807, 2.05) is 0 Å². The summed E-state index contributed by atoms with van der Waals surface area (Å²) in [4.78, 5) is 38.1. The molecule has 3 N–H and O–H groups in total. The zero-order valence-electron chi connectivity index (χ0n) is 21.1. The molecule has 0 spiro atoms. The molecule has 2 aliphatic heterocycles. The molecule has 0 radical (unpaired) electrons. The summed E-state index contributed by atoms with van der Waals surface area (Å²) in [5.41, 5.74) is 1.33. The smallest absolute Gasteiger partial charge is 0.319 e. The number of hydrogen-bond acceptors (Lipinski definition) is 7. The number of anilines is 2. The zero-order valence-corrected chi connectivity index (χ0v) is 21.1. The minimum Gasteiger partial charge on any atom is -0.381 e. The van der Waals surface area contributed by atoms with E-state index in [1.165, 1.54) is 13.8 Å². The van der Waals surface area contributed by atoms with Crippen molar-refractivity contribution in [2.75, 3.05) is 43.1 Å². The Kier molecular flexibility index (Phi) is 7.88. The van der Waals surface area contributed by atoms with Gasteiger partial charge in [-0.1, -0.05) is 0 Å². The maximum atomic E-state index is 12.8. The average Bonchev–Trinajstić information content (AvgIpc) is 2.86. The van der Waals surface area contributed by atoms with Crippen LogP contribution in [0.25, 0.3) is 11.4 Å². The minimum absolute atomic E-state index is 0.106. The Morgan fingerprint density at radius 3 is 2.59 bits per heavy atom. The van der Waals surface area contributed by atoms with Crippen LogP contribution in [-0.2, 0) is 22.5 Å². The van der Waals surface area contributed by atoms with E-state index in [1.54, 1.807) is 29.2 Å². The number of benzene rings is 1. The quantitative estimate of drug-likeness (QED) is 0.537. The van der Waals surface area contributed by atoms with Crippen LogP contribution in [0.3, 0.4) is 0 Å². The number of alkyl halides is 2. The van der Waals surface area contributed by atoms with E-state index in [0.717, 1.165) is 17.1 Å². The second kappa shape index (κ2) is 10.9. The van der Waals surface area contributed by atoms with Gasteiger partial charge < -0.3 is 30.3 Å². The number of nitrogens with zero attached hydrogens (tertiary/aromatic N) is 4. The van der Waals surface area contributed by atoms with Crippen molar-refractivity contribution in [3.05, 3.63) is 35.5 Å². The highest BCUT2D eigenvalue weighted by Gasteiger charge is 2.34. The van der Waals surface area contributed by atoms with Gasteiger partial charge in [0, 0.05) is 29.9 Å². The van der Waals surface area contributed by atoms with Crippen LogP contribution in [0.4, 0.5) is 25.1 Å². The third kappa shape index (κ3) is 6.31. The summed E-state index contributed by atoms with van der Waals surface area (Å²) in [5, 5.41) is 14.8. The number of carbonyl (C=O) groups is 2. The summed E-state index contributed by atoms with van der Waals surface area (Å²) in [7, 11) is 0. The maximum absolute atomic E-state index is 12.8. The predicted molar refractivity (Wildman–Crippen MR) is 134 cm³/mol. The molecule has 1 unspecified atom stereocenters. The average molecular weight is 519 g/mol. The fraction of sp³-hybridized carbons (Fsp3) is 0.520. The van der Waals surface area contributed by atoms with Crippen molar-refractivity contribution in [3.8, 4) is 11.4 Å². The Bertz CT molecular complexity index is 1140. The molecule has 1 fully saturated rings. The number of hydrogen-bond donors (Lipinski definition) is 3. The lowest BCUT2D eigenvalue weighted by Crippen LogP contribution is -2.48. The number of aromatic nitrogens is 2. The first-order chi connectivity index (χ1) is 17.5. The molecule has 1 atom stereocenters. The Labute approximate surface area is 214 Å². The van der Waals surface area contributed by atoms with E-state index in [4.69, 9.17) is 14.7 Å². The second-order valence-electron chi connectivity index (χ2n) is 9.75. The standard InChI is InChI=1S/C25H32F2N6O4/c1-15-14-37-11-10-33(15)22-18-8-9-32(23(34)25(2,3)36)13-19(18)30-21(31-22)16-4-6-17(7-5-16)29-24(35)28-12-20(26)27/h4-7,15,20,36H,8-14H2,1-3H3,(H2,28,29,35). The number of aliphatic hydroxyl groups is 1. The molecule has 2 aliphatic rings. The first kappa shape index (κ1) is 26.7. The molecule has 3 amide bonds. The van der Waals surface area contributed by atoms with Gasteiger partial charge in [-0.2, -0.15) is 0 Å². The van der Waals surface area contributed by atoms with Gasteiger partial charge >= 0.3 is 6.03 Å². The molecule has 4 rings (SSSR count). The second-order valence-corrected chi connectivity index (χ2v) is 9.75. The lowest BCUT2D eigenvalue weighted by Gasteiger charge is -2.38. The molecular formula is C25H32F2N6O4. The van der Waals surface area contributed by atoms with E-state index in [2.05, 4.69) is 22.5 Å². The highest BCUT2D eigenvalue weighted by atomic mass is 19.3. The summed E-state index contributed by atoms with van der Waals surface area (Å²) in [6.07, 6.45) is -2.07. The van der Waals surface area contributed by atoms with Gasteiger partial charge in [0.25, 0.3) is 12.3 Å². The summed E-state index contributed by atoms with van der Waals surface area (Å²) < 4.78 is 30.2. The summed E-state index contributed by atoms with van der Waals surface area (Å²) in [5.74, 6) is 0.901. The van der Waals surface area contributed by atoms with E-state index in [0.29, 0.717) is 49.8 Å². The molecule has 0 saturated carbocycles. The third-order valence-corrected chi connectivity index (χ3v) is 6.31. The third-order valence-electron chi connectivity index (χ3n) is 6.31. The van der Waals surface area contributed by atoms with Crippen LogP contribution >= 0.6 is 0 Å². The first-order valence-corrected chi connectivity index (χ1v) is 12.2. The molecule has 1 saturated heterocycles. The molecule has 3 heterocycles. The molecule has 1 aromatic heterocycles. The Hall–Kier alpha value is -3.38. The monoisotopic (exact) mass is 518 g/mol. The van der Waals surface area contributed by atoms with Crippen molar-refractivity contribution in [1.29, 1.82) is 0 Å². The van der Waals surface area contributed by atoms with Gasteiger partial charge in [0.15, 0.2) is 5.82 Å². The number of nitrogens with one attached hydrogen (secondary N) is 2. The van der Waals surface area contributed by atoms with Gasteiger partial charge in [-0.25, -0.2) is 23.5 Å². The van der Waals surface area contributed by atoms with Crippen molar-refractivity contribution >= 4 is 23.4 Å².